The van der Waals surface area contributed by atoms with E-state index in [1.807, 2.05) is 12.1 Å². The Kier molecular flexibility index (Phi) is 4.96. The molecule has 1 nitrogen and oxygen atoms in total. The molecule has 88 valence electrons. The van der Waals surface area contributed by atoms with Gasteiger partial charge in [0.05, 0.1) is 6.10 Å². The van der Waals surface area contributed by atoms with Crippen LogP contribution < -0.4 is 0 Å². The van der Waals surface area contributed by atoms with Crippen LogP contribution in [0.1, 0.15) is 12.0 Å². The van der Waals surface area contributed by atoms with Gasteiger partial charge in [-0.1, -0.05) is 36.4 Å². The molecule has 0 saturated heterocycles. The molecule has 0 N–H and O–H groups in total. The van der Waals surface area contributed by atoms with Crippen molar-refractivity contribution in [3.05, 3.63) is 48.6 Å². The summed E-state index contributed by atoms with van der Waals surface area (Å²) >= 11 is 0. The van der Waals surface area contributed by atoms with Crippen LogP contribution in [-0.4, -0.2) is 14.4 Å². The standard InChI is InChI=1S/C14H22OSi/c1-5-9-14(15-16(2,3)4)12-13-10-7-6-8-11-13/h5-8,10-11,14H,1,9,12H2,2-4H3. The van der Waals surface area contributed by atoms with E-state index in [1.54, 1.807) is 0 Å². The quantitative estimate of drug-likeness (QED) is 0.533. The number of benzene rings is 1. The summed E-state index contributed by atoms with van der Waals surface area (Å²) in [7, 11) is -1.46. The maximum absolute atomic E-state index is 6.15. The van der Waals surface area contributed by atoms with Crippen LogP contribution in [0, 0.1) is 0 Å². The monoisotopic (exact) mass is 234 g/mol. The molecule has 1 unspecified atom stereocenters. The summed E-state index contributed by atoms with van der Waals surface area (Å²) in [4.78, 5) is 0. The van der Waals surface area contributed by atoms with E-state index in [-0.39, 0.29) is 6.10 Å². The van der Waals surface area contributed by atoms with E-state index < -0.39 is 8.32 Å². The highest BCUT2D eigenvalue weighted by molar-refractivity contribution is 6.69. The third-order valence-corrected chi connectivity index (χ3v) is 3.30. The predicted octanol–water partition coefficient (Wildman–Crippen LogP) is 4.03. The second kappa shape index (κ2) is 6.02. The summed E-state index contributed by atoms with van der Waals surface area (Å²) < 4.78 is 6.15. The SMILES string of the molecule is C=CCC(Cc1ccccc1)O[Si](C)(C)C. The molecule has 0 aliphatic rings. The average Bonchev–Trinajstić information content (AvgIpc) is 2.17. The summed E-state index contributed by atoms with van der Waals surface area (Å²) in [5.74, 6) is 0. The second-order valence-electron chi connectivity index (χ2n) is 5.07. The molecule has 1 rings (SSSR count). The van der Waals surface area contributed by atoms with Gasteiger partial charge in [0, 0.05) is 0 Å². The molecule has 16 heavy (non-hydrogen) atoms. The zero-order valence-corrected chi connectivity index (χ0v) is 11.6. The fourth-order valence-electron chi connectivity index (χ4n) is 1.74. The normalized spacial score (nSPS) is 13.4. The van der Waals surface area contributed by atoms with Gasteiger partial charge in [-0.25, -0.2) is 0 Å². The van der Waals surface area contributed by atoms with Crippen LogP contribution in [-0.2, 0) is 10.8 Å². The molecule has 0 heterocycles. The van der Waals surface area contributed by atoms with Gasteiger partial charge in [0.25, 0.3) is 0 Å². The molecule has 0 radical (unpaired) electrons. The first-order valence-electron chi connectivity index (χ1n) is 5.84. The Morgan fingerprint density at radius 1 is 1.25 bits per heavy atom. The molecule has 1 aromatic carbocycles. The lowest BCUT2D eigenvalue weighted by molar-refractivity contribution is 0.197. The van der Waals surface area contributed by atoms with Crippen molar-refractivity contribution in [2.45, 2.75) is 38.6 Å². The van der Waals surface area contributed by atoms with Crippen molar-refractivity contribution < 1.29 is 4.43 Å². The number of hydrogen-bond acceptors (Lipinski definition) is 1. The van der Waals surface area contributed by atoms with Gasteiger partial charge in [-0.3, -0.25) is 0 Å². The fourth-order valence-corrected chi connectivity index (χ4v) is 2.92. The van der Waals surface area contributed by atoms with E-state index in [9.17, 15) is 0 Å². The zero-order chi connectivity index (χ0) is 12.0. The molecular formula is C14H22OSi. The van der Waals surface area contributed by atoms with Crippen LogP contribution in [0.25, 0.3) is 0 Å². The first-order chi connectivity index (χ1) is 7.51. The Hall–Kier alpha value is -0.863. The van der Waals surface area contributed by atoms with Gasteiger partial charge in [0.15, 0.2) is 8.32 Å². The third kappa shape index (κ3) is 5.28. The van der Waals surface area contributed by atoms with Gasteiger partial charge in [-0.05, 0) is 38.0 Å². The van der Waals surface area contributed by atoms with Crippen molar-refractivity contribution in [3.8, 4) is 0 Å². The molecule has 0 spiro atoms. The summed E-state index contributed by atoms with van der Waals surface area (Å²) in [5.41, 5.74) is 1.34. The lowest BCUT2D eigenvalue weighted by Crippen LogP contribution is -2.33. The molecule has 0 bridgehead atoms. The molecule has 0 saturated carbocycles. The minimum absolute atomic E-state index is 0.284. The summed E-state index contributed by atoms with van der Waals surface area (Å²) in [6.45, 7) is 10.5. The molecule has 0 amide bonds. The number of rotatable bonds is 6. The summed E-state index contributed by atoms with van der Waals surface area (Å²) in [5, 5.41) is 0. The second-order valence-corrected chi connectivity index (χ2v) is 9.53. The third-order valence-electron chi connectivity index (χ3n) is 2.26. The van der Waals surface area contributed by atoms with Crippen LogP contribution in [0.4, 0.5) is 0 Å². The topological polar surface area (TPSA) is 9.23 Å². The fraction of sp³-hybridized carbons (Fsp3) is 0.429. The highest BCUT2D eigenvalue weighted by Crippen LogP contribution is 2.15. The van der Waals surface area contributed by atoms with E-state index in [0.29, 0.717) is 0 Å². The predicted molar refractivity (Wildman–Crippen MR) is 73.2 cm³/mol. The first-order valence-corrected chi connectivity index (χ1v) is 9.25. The maximum atomic E-state index is 6.15. The van der Waals surface area contributed by atoms with Gasteiger partial charge >= 0.3 is 0 Å². The van der Waals surface area contributed by atoms with E-state index in [1.165, 1.54) is 5.56 Å². The Bertz CT molecular complexity index is 313. The van der Waals surface area contributed by atoms with E-state index >= 15 is 0 Å². The van der Waals surface area contributed by atoms with Crippen LogP contribution in [0.3, 0.4) is 0 Å². The molecule has 2 heteroatoms. The van der Waals surface area contributed by atoms with Crippen molar-refractivity contribution in [1.29, 1.82) is 0 Å². The molecule has 0 aliphatic carbocycles. The summed E-state index contributed by atoms with van der Waals surface area (Å²) in [6, 6.07) is 10.5. The van der Waals surface area contributed by atoms with Crippen LogP contribution in [0.2, 0.25) is 19.6 Å². The van der Waals surface area contributed by atoms with Gasteiger partial charge < -0.3 is 4.43 Å². The van der Waals surface area contributed by atoms with Crippen molar-refractivity contribution in [1.82, 2.24) is 0 Å². The molecule has 0 aromatic heterocycles. The maximum Gasteiger partial charge on any atom is 0.184 e. The van der Waals surface area contributed by atoms with Crippen molar-refractivity contribution >= 4 is 8.32 Å². The van der Waals surface area contributed by atoms with Gasteiger partial charge in [-0.2, -0.15) is 0 Å². The molecule has 1 atom stereocenters. The van der Waals surface area contributed by atoms with Gasteiger partial charge in [-0.15, -0.1) is 6.58 Å². The van der Waals surface area contributed by atoms with Gasteiger partial charge in [0.1, 0.15) is 0 Å². The van der Waals surface area contributed by atoms with E-state index in [0.717, 1.165) is 12.8 Å². The van der Waals surface area contributed by atoms with Crippen molar-refractivity contribution in [2.75, 3.05) is 0 Å². The molecule has 1 aromatic rings. The van der Waals surface area contributed by atoms with Crippen LogP contribution in [0.5, 0.6) is 0 Å². The molecule has 0 aliphatic heterocycles. The first kappa shape index (κ1) is 13.2. The molecular weight excluding hydrogens is 212 g/mol. The van der Waals surface area contributed by atoms with Crippen molar-refractivity contribution in [2.24, 2.45) is 0 Å². The zero-order valence-electron chi connectivity index (χ0n) is 10.6. The van der Waals surface area contributed by atoms with Crippen LogP contribution >= 0.6 is 0 Å². The largest absolute Gasteiger partial charge is 0.414 e. The lowest BCUT2D eigenvalue weighted by atomic mass is 10.1. The van der Waals surface area contributed by atoms with Crippen LogP contribution in [0.15, 0.2) is 43.0 Å². The van der Waals surface area contributed by atoms with E-state index in [2.05, 4.69) is 50.5 Å². The Labute approximate surface area is 100 Å². The summed E-state index contributed by atoms with van der Waals surface area (Å²) in [6.07, 6.45) is 4.15. The Morgan fingerprint density at radius 3 is 2.38 bits per heavy atom. The highest BCUT2D eigenvalue weighted by Gasteiger charge is 2.20. The molecule has 0 fully saturated rings. The van der Waals surface area contributed by atoms with Gasteiger partial charge in [0.2, 0.25) is 0 Å². The minimum atomic E-state index is -1.46. The minimum Gasteiger partial charge on any atom is -0.414 e. The number of hydrogen-bond donors (Lipinski definition) is 0. The smallest absolute Gasteiger partial charge is 0.184 e. The Morgan fingerprint density at radius 2 is 1.88 bits per heavy atom. The van der Waals surface area contributed by atoms with Crippen molar-refractivity contribution in [3.63, 3.8) is 0 Å². The van der Waals surface area contributed by atoms with E-state index in [4.69, 9.17) is 4.43 Å². The highest BCUT2D eigenvalue weighted by atomic mass is 28.4. The Balaban J connectivity index is 2.61. The average molecular weight is 234 g/mol. The lowest BCUT2D eigenvalue weighted by Gasteiger charge is -2.25.